The maximum atomic E-state index is 5.64. The molecule has 0 atom stereocenters. The number of nitrogens with zero attached hydrogens (tertiary/aromatic N) is 1. The summed E-state index contributed by atoms with van der Waals surface area (Å²) in [5.74, 6) is 1.71. The van der Waals surface area contributed by atoms with Crippen molar-refractivity contribution in [2.75, 3.05) is 26.8 Å². The van der Waals surface area contributed by atoms with Crippen LogP contribution >= 0.6 is 0 Å². The van der Waals surface area contributed by atoms with Gasteiger partial charge in [-0.1, -0.05) is 48.0 Å². The molecule has 1 aliphatic heterocycles. The van der Waals surface area contributed by atoms with Crippen molar-refractivity contribution in [1.82, 2.24) is 4.90 Å². The maximum absolute atomic E-state index is 5.64. The molecule has 1 aliphatic rings. The summed E-state index contributed by atoms with van der Waals surface area (Å²) in [5, 5.41) is 0. The van der Waals surface area contributed by atoms with Crippen molar-refractivity contribution >= 4 is 6.08 Å². The maximum Gasteiger partial charge on any atom is 0.161 e. The van der Waals surface area contributed by atoms with Gasteiger partial charge in [-0.2, -0.15) is 0 Å². The van der Waals surface area contributed by atoms with Gasteiger partial charge in [0.2, 0.25) is 0 Å². The van der Waals surface area contributed by atoms with Gasteiger partial charge in [-0.05, 0) is 37.2 Å². The molecule has 0 radical (unpaired) electrons. The van der Waals surface area contributed by atoms with Crippen molar-refractivity contribution in [3.8, 4) is 11.5 Å². The van der Waals surface area contributed by atoms with Crippen LogP contribution in [0.4, 0.5) is 0 Å². The number of aryl methyl sites for hydroxylation is 1. The number of hydrogen-bond donors (Lipinski definition) is 0. The molecule has 3 nitrogen and oxygen atoms in total. The molecule has 0 aliphatic carbocycles. The van der Waals surface area contributed by atoms with Crippen LogP contribution < -0.4 is 9.47 Å². The normalized spacial score (nSPS) is 13.7. The summed E-state index contributed by atoms with van der Waals surface area (Å²) in [4.78, 5) is 2.28. The van der Waals surface area contributed by atoms with E-state index in [1.54, 1.807) is 0 Å². The number of rotatable bonds is 5. The van der Waals surface area contributed by atoms with Gasteiger partial charge in [-0.15, -0.1) is 0 Å². The van der Waals surface area contributed by atoms with E-state index in [2.05, 4.69) is 67.4 Å². The van der Waals surface area contributed by atoms with Crippen molar-refractivity contribution in [2.24, 2.45) is 0 Å². The highest BCUT2D eigenvalue weighted by molar-refractivity contribution is 5.50. The molecular formula is C20H23NO2. The third kappa shape index (κ3) is 4.36. The van der Waals surface area contributed by atoms with Crippen molar-refractivity contribution in [3.63, 3.8) is 0 Å². The summed E-state index contributed by atoms with van der Waals surface area (Å²) in [6, 6.07) is 14.7. The van der Waals surface area contributed by atoms with E-state index in [0.29, 0.717) is 13.2 Å². The summed E-state index contributed by atoms with van der Waals surface area (Å²) < 4.78 is 11.2. The summed E-state index contributed by atoms with van der Waals surface area (Å²) in [5.41, 5.74) is 3.77. The zero-order valence-corrected chi connectivity index (χ0v) is 13.8. The largest absolute Gasteiger partial charge is 0.486 e. The zero-order chi connectivity index (χ0) is 16.1. The minimum absolute atomic E-state index is 0.630. The summed E-state index contributed by atoms with van der Waals surface area (Å²) in [7, 11) is 2.12. The third-order valence-electron chi connectivity index (χ3n) is 3.83. The first-order chi connectivity index (χ1) is 11.2. The van der Waals surface area contributed by atoms with Crippen molar-refractivity contribution in [3.05, 3.63) is 65.2 Å². The molecule has 23 heavy (non-hydrogen) atoms. The molecule has 3 heteroatoms. The van der Waals surface area contributed by atoms with E-state index >= 15 is 0 Å². The first-order valence-electron chi connectivity index (χ1n) is 8.01. The van der Waals surface area contributed by atoms with E-state index in [0.717, 1.165) is 24.6 Å². The number of ether oxygens (including phenoxy) is 2. The smallest absolute Gasteiger partial charge is 0.161 e. The van der Waals surface area contributed by atoms with Gasteiger partial charge in [0.05, 0.1) is 0 Å². The van der Waals surface area contributed by atoms with Gasteiger partial charge in [-0.25, -0.2) is 0 Å². The van der Waals surface area contributed by atoms with Gasteiger partial charge in [0.25, 0.3) is 0 Å². The first-order valence-corrected chi connectivity index (χ1v) is 8.01. The van der Waals surface area contributed by atoms with Crippen molar-refractivity contribution < 1.29 is 9.47 Å². The van der Waals surface area contributed by atoms with Crippen LogP contribution in [0.5, 0.6) is 11.5 Å². The van der Waals surface area contributed by atoms with Gasteiger partial charge in [0, 0.05) is 13.1 Å². The van der Waals surface area contributed by atoms with Gasteiger partial charge in [0.1, 0.15) is 13.2 Å². The van der Waals surface area contributed by atoms with Crippen molar-refractivity contribution in [2.45, 2.75) is 13.5 Å². The molecule has 3 rings (SSSR count). The molecule has 0 spiro atoms. The molecule has 0 bridgehead atoms. The van der Waals surface area contributed by atoms with Gasteiger partial charge in [-0.3, -0.25) is 4.90 Å². The fourth-order valence-corrected chi connectivity index (χ4v) is 2.70. The summed E-state index contributed by atoms with van der Waals surface area (Å²) >= 11 is 0. The molecule has 0 N–H and O–H groups in total. The van der Waals surface area contributed by atoms with Crippen LogP contribution in [0.25, 0.3) is 6.08 Å². The lowest BCUT2D eigenvalue weighted by atomic mass is 10.1. The molecule has 0 saturated carbocycles. The second-order valence-electron chi connectivity index (χ2n) is 5.99. The Morgan fingerprint density at radius 2 is 1.87 bits per heavy atom. The molecule has 1 heterocycles. The fourth-order valence-electron chi connectivity index (χ4n) is 2.70. The number of benzene rings is 2. The number of fused-ring (bicyclic) bond motifs is 1. The highest BCUT2D eigenvalue weighted by Gasteiger charge is 2.12. The summed E-state index contributed by atoms with van der Waals surface area (Å²) in [6.45, 7) is 5.17. The second-order valence-corrected chi connectivity index (χ2v) is 5.99. The van der Waals surface area contributed by atoms with Gasteiger partial charge in [0.15, 0.2) is 11.5 Å². The van der Waals surface area contributed by atoms with Crippen LogP contribution in [-0.4, -0.2) is 31.7 Å². The molecule has 0 saturated heterocycles. The Balaban J connectivity index is 1.56. The lowest BCUT2D eigenvalue weighted by Crippen LogP contribution is -2.19. The monoisotopic (exact) mass is 309 g/mol. The Kier molecular flexibility index (Phi) is 4.99. The Morgan fingerprint density at radius 1 is 1.04 bits per heavy atom. The Labute approximate surface area is 138 Å². The fraction of sp³-hybridized carbons (Fsp3) is 0.300. The molecular weight excluding hydrogens is 286 g/mol. The highest BCUT2D eigenvalue weighted by atomic mass is 16.6. The predicted octanol–water partition coefficient (Wildman–Crippen LogP) is 3.91. The highest BCUT2D eigenvalue weighted by Crippen LogP contribution is 2.30. The van der Waals surface area contributed by atoms with E-state index in [1.165, 1.54) is 16.7 Å². The quantitative estimate of drug-likeness (QED) is 0.836. The van der Waals surface area contributed by atoms with Crippen LogP contribution in [0, 0.1) is 6.92 Å². The minimum Gasteiger partial charge on any atom is -0.486 e. The number of likely N-dealkylation sites (N-methyl/N-ethyl adjacent to an activating group) is 1. The predicted molar refractivity (Wildman–Crippen MR) is 94.0 cm³/mol. The van der Waals surface area contributed by atoms with Crippen molar-refractivity contribution in [1.29, 1.82) is 0 Å². The van der Waals surface area contributed by atoms with E-state index < -0.39 is 0 Å². The third-order valence-corrected chi connectivity index (χ3v) is 3.83. The molecule has 2 aromatic carbocycles. The van der Waals surface area contributed by atoms with Crippen LogP contribution in [-0.2, 0) is 6.54 Å². The lowest BCUT2D eigenvalue weighted by Gasteiger charge is -2.20. The van der Waals surface area contributed by atoms with E-state index in [1.807, 2.05) is 6.07 Å². The van der Waals surface area contributed by atoms with Gasteiger partial charge >= 0.3 is 0 Å². The Hall–Kier alpha value is -2.26. The second kappa shape index (κ2) is 7.34. The Bertz CT molecular complexity index is 694. The molecule has 0 unspecified atom stereocenters. The van der Waals surface area contributed by atoms with Crippen LogP contribution in [0.3, 0.4) is 0 Å². The molecule has 2 aromatic rings. The van der Waals surface area contributed by atoms with Gasteiger partial charge < -0.3 is 9.47 Å². The summed E-state index contributed by atoms with van der Waals surface area (Å²) in [6.07, 6.45) is 4.38. The molecule has 0 aromatic heterocycles. The lowest BCUT2D eigenvalue weighted by molar-refractivity contribution is 0.171. The topological polar surface area (TPSA) is 21.7 Å². The first kappa shape index (κ1) is 15.6. The molecule has 0 fully saturated rings. The number of hydrogen-bond acceptors (Lipinski definition) is 3. The van der Waals surface area contributed by atoms with Crippen LogP contribution in [0.1, 0.15) is 16.7 Å². The average Bonchev–Trinajstić information content (AvgIpc) is 2.55. The standard InChI is InChI=1S/C20H23NO2/c1-16-5-3-6-17(13-16)7-4-10-21(2)15-18-8-9-19-20(14-18)23-12-11-22-19/h3-9,13-14H,10-12,15H2,1-2H3/b7-4+. The molecule has 0 amide bonds. The minimum atomic E-state index is 0.630. The SMILES string of the molecule is Cc1cccc(/C=C/CN(C)Cc2ccc3c(c2)OCCO3)c1. The van der Waals surface area contributed by atoms with Crippen LogP contribution in [0.2, 0.25) is 0 Å². The Morgan fingerprint density at radius 3 is 2.70 bits per heavy atom. The van der Waals surface area contributed by atoms with E-state index in [-0.39, 0.29) is 0 Å². The van der Waals surface area contributed by atoms with Crippen LogP contribution in [0.15, 0.2) is 48.5 Å². The van der Waals surface area contributed by atoms with E-state index in [9.17, 15) is 0 Å². The zero-order valence-electron chi connectivity index (χ0n) is 13.8. The van der Waals surface area contributed by atoms with E-state index in [4.69, 9.17) is 9.47 Å². The average molecular weight is 309 g/mol. The molecule has 120 valence electrons.